The van der Waals surface area contributed by atoms with Gasteiger partial charge >= 0.3 is 0 Å². The van der Waals surface area contributed by atoms with Crippen LogP contribution in [0.25, 0.3) is 11.2 Å². The molecule has 6 atom stereocenters. The SMILES string of the molecule is C/C(=C\CNc1ncnc2c1ncn2[C@@H]1OCC(O)C1O)CCC1(C)[C@H](C)CC=C2[C@H]1CCCC2(C)C. The second kappa shape index (κ2) is 10.1. The summed E-state index contributed by atoms with van der Waals surface area (Å²) in [5.74, 6) is 2.06. The zero-order chi connectivity index (χ0) is 26.4. The molecule has 3 aliphatic rings. The van der Waals surface area contributed by atoms with Crippen molar-refractivity contribution in [1.82, 2.24) is 19.5 Å². The summed E-state index contributed by atoms with van der Waals surface area (Å²) in [6.07, 6.45) is 12.8. The van der Waals surface area contributed by atoms with Crippen molar-refractivity contribution >= 4 is 17.0 Å². The predicted octanol–water partition coefficient (Wildman–Crippen LogP) is 5.01. The smallest absolute Gasteiger partial charge is 0.167 e. The summed E-state index contributed by atoms with van der Waals surface area (Å²) in [5, 5.41) is 23.5. The molecule has 2 aliphatic carbocycles. The third-order valence-electron chi connectivity index (χ3n) is 9.60. The molecule has 202 valence electrons. The molecule has 2 aromatic rings. The summed E-state index contributed by atoms with van der Waals surface area (Å²) in [6.45, 7) is 12.8. The minimum atomic E-state index is -1.02. The molecule has 0 spiro atoms. The number of hydrogen-bond donors (Lipinski definition) is 3. The number of hydrogen-bond acceptors (Lipinski definition) is 7. The summed E-state index contributed by atoms with van der Waals surface area (Å²) in [4.78, 5) is 13.2. The molecule has 0 amide bonds. The van der Waals surface area contributed by atoms with E-state index in [4.69, 9.17) is 4.74 Å². The van der Waals surface area contributed by atoms with Gasteiger partial charge in [-0.2, -0.15) is 0 Å². The molecule has 0 aromatic carbocycles. The van der Waals surface area contributed by atoms with Gasteiger partial charge in [0.25, 0.3) is 0 Å². The van der Waals surface area contributed by atoms with Crippen LogP contribution in [-0.2, 0) is 4.74 Å². The van der Waals surface area contributed by atoms with E-state index in [0.717, 1.165) is 6.42 Å². The first kappa shape index (κ1) is 26.3. The van der Waals surface area contributed by atoms with Gasteiger partial charge in [0.15, 0.2) is 23.2 Å². The van der Waals surface area contributed by atoms with Crippen molar-refractivity contribution in [2.24, 2.45) is 22.7 Å². The number of imidazole rings is 1. The van der Waals surface area contributed by atoms with Crippen LogP contribution in [0.1, 0.15) is 79.4 Å². The Balaban J connectivity index is 1.23. The number of nitrogens with zero attached hydrogens (tertiary/aromatic N) is 4. The van der Waals surface area contributed by atoms with Gasteiger partial charge in [-0.05, 0) is 61.7 Å². The summed E-state index contributed by atoms with van der Waals surface area (Å²) >= 11 is 0. The maximum Gasteiger partial charge on any atom is 0.167 e. The molecule has 0 bridgehead atoms. The van der Waals surface area contributed by atoms with Crippen molar-refractivity contribution in [3.05, 3.63) is 36.0 Å². The topological polar surface area (TPSA) is 105 Å². The fraction of sp³-hybridized carbons (Fsp3) is 0.690. The van der Waals surface area contributed by atoms with Crippen molar-refractivity contribution in [3.63, 3.8) is 0 Å². The molecule has 3 N–H and O–H groups in total. The normalized spacial score (nSPS) is 33.9. The number of nitrogens with one attached hydrogen (secondary N) is 1. The largest absolute Gasteiger partial charge is 0.388 e. The second-order valence-corrected chi connectivity index (χ2v) is 12.4. The van der Waals surface area contributed by atoms with Crippen LogP contribution in [0.2, 0.25) is 0 Å². The Morgan fingerprint density at radius 3 is 2.81 bits per heavy atom. The van der Waals surface area contributed by atoms with E-state index in [1.807, 2.05) is 0 Å². The van der Waals surface area contributed by atoms with Gasteiger partial charge in [0, 0.05) is 6.54 Å². The fourth-order valence-electron chi connectivity index (χ4n) is 6.85. The summed E-state index contributed by atoms with van der Waals surface area (Å²) in [5.41, 5.74) is 4.98. The Labute approximate surface area is 220 Å². The molecule has 8 heteroatoms. The third kappa shape index (κ3) is 4.84. The van der Waals surface area contributed by atoms with Crippen LogP contribution in [0.15, 0.2) is 36.0 Å². The van der Waals surface area contributed by atoms with Crippen molar-refractivity contribution < 1.29 is 14.9 Å². The lowest BCUT2D eigenvalue weighted by Gasteiger charge is -2.53. The van der Waals surface area contributed by atoms with E-state index in [1.54, 1.807) is 16.5 Å². The van der Waals surface area contributed by atoms with Crippen molar-refractivity contribution in [3.8, 4) is 0 Å². The highest BCUT2D eigenvalue weighted by atomic mass is 16.5. The first-order valence-corrected chi connectivity index (χ1v) is 13.9. The molecular weight excluding hydrogens is 466 g/mol. The number of rotatable bonds is 7. The molecule has 3 unspecified atom stereocenters. The molecule has 8 nitrogen and oxygen atoms in total. The van der Waals surface area contributed by atoms with Crippen LogP contribution in [0, 0.1) is 22.7 Å². The van der Waals surface area contributed by atoms with Crippen molar-refractivity contribution in [2.45, 2.75) is 91.6 Å². The fourth-order valence-corrected chi connectivity index (χ4v) is 6.85. The van der Waals surface area contributed by atoms with Gasteiger partial charge in [-0.15, -0.1) is 0 Å². The maximum absolute atomic E-state index is 10.2. The van der Waals surface area contributed by atoms with Crippen LogP contribution in [0.4, 0.5) is 5.82 Å². The molecule has 5 rings (SSSR count). The molecule has 2 aromatic heterocycles. The monoisotopic (exact) mass is 509 g/mol. The predicted molar refractivity (Wildman–Crippen MR) is 145 cm³/mol. The third-order valence-corrected chi connectivity index (χ3v) is 9.60. The highest BCUT2D eigenvalue weighted by molar-refractivity contribution is 5.82. The average molecular weight is 510 g/mol. The van der Waals surface area contributed by atoms with Crippen molar-refractivity contribution in [2.75, 3.05) is 18.5 Å². The van der Waals surface area contributed by atoms with Crippen LogP contribution < -0.4 is 5.32 Å². The molecule has 2 fully saturated rings. The van der Waals surface area contributed by atoms with Crippen LogP contribution in [-0.4, -0.2) is 55.1 Å². The molecule has 0 radical (unpaired) electrons. The summed E-state index contributed by atoms with van der Waals surface area (Å²) in [6, 6.07) is 0. The number of anilines is 1. The molecule has 3 heterocycles. The molecule has 1 saturated carbocycles. The average Bonchev–Trinajstić information content (AvgIpc) is 3.43. The first-order chi connectivity index (χ1) is 17.6. The Bertz CT molecular complexity index is 1190. The lowest BCUT2D eigenvalue weighted by molar-refractivity contribution is -0.0162. The van der Waals surface area contributed by atoms with Gasteiger partial charge in [0.1, 0.15) is 18.5 Å². The van der Waals surface area contributed by atoms with Gasteiger partial charge in [0.05, 0.1) is 12.9 Å². The number of aliphatic hydroxyl groups is 2. The number of ether oxygens (including phenoxy) is 1. The van der Waals surface area contributed by atoms with E-state index in [-0.39, 0.29) is 6.61 Å². The van der Waals surface area contributed by atoms with Crippen molar-refractivity contribution in [1.29, 1.82) is 0 Å². The minimum Gasteiger partial charge on any atom is -0.388 e. The van der Waals surface area contributed by atoms with E-state index < -0.39 is 18.4 Å². The van der Waals surface area contributed by atoms with Gasteiger partial charge in [-0.25, -0.2) is 15.0 Å². The van der Waals surface area contributed by atoms with Gasteiger partial charge in [-0.3, -0.25) is 4.57 Å². The van der Waals surface area contributed by atoms with Gasteiger partial charge < -0.3 is 20.3 Å². The quantitative estimate of drug-likeness (QED) is 0.450. The number of aromatic nitrogens is 4. The van der Waals surface area contributed by atoms with Crippen LogP contribution in [0.5, 0.6) is 0 Å². The van der Waals surface area contributed by atoms with E-state index in [0.29, 0.717) is 46.2 Å². The highest BCUT2D eigenvalue weighted by Crippen LogP contribution is 2.58. The lowest BCUT2D eigenvalue weighted by Crippen LogP contribution is -2.43. The number of allylic oxidation sites excluding steroid dienone is 3. The first-order valence-electron chi connectivity index (χ1n) is 13.9. The second-order valence-electron chi connectivity index (χ2n) is 12.4. The molecule has 1 aliphatic heterocycles. The Morgan fingerprint density at radius 2 is 2.05 bits per heavy atom. The minimum absolute atomic E-state index is 0.0830. The van der Waals surface area contributed by atoms with E-state index >= 15 is 0 Å². The number of aliphatic hydroxyl groups excluding tert-OH is 2. The van der Waals surface area contributed by atoms with Crippen LogP contribution >= 0.6 is 0 Å². The standard InChI is InChI=1S/C29H43N5O3/c1-18(10-13-29(5)19(2)8-9-20-21(29)7-6-12-28(20,3)4)11-14-30-25-23-26(32-16-31-25)34(17-33-23)27-24(36)22(35)15-37-27/h9,11,16-17,19,21-22,24,27,35-36H,6-8,10,12-15H2,1-5H3,(H,30,31,32)/b18-11+/t19-,21-,22?,24?,27-,29?/m1/s1. The Kier molecular flexibility index (Phi) is 7.20. The highest BCUT2D eigenvalue weighted by Gasteiger charge is 2.47. The maximum atomic E-state index is 10.2. The van der Waals surface area contributed by atoms with Gasteiger partial charge in [0.2, 0.25) is 0 Å². The van der Waals surface area contributed by atoms with Gasteiger partial charge in [-0.1, -0.05) is 57.4 Å². The zero-order valence-corrected chi connectivity index (χ0v) is 22.9. The van der Waals surface area contributed by atoms with E-state index in [9.17, 15) is 10.2 Å². The van der Waals surface area contributed by atoms with E-state index in [2.05, 4.69) is 67.0 Å². The van der Waals surface area contributed by atoms with E-state index in [1.165, 1.54) is 44.0 Å². The molecule has 37 heavy (non-hydrogen) atoms. The molecular formula is C29H43N5O3. The molecule has 1 saturated heterocycles. The Hall–Kier alpha value is -2.29. The lowest BCUT2D eigenvalue weighted by atomic mass is 9.52. The van der Waals surface area contributed by atoms with Crippen LogP contribution in [0.3, 0.4) is 0 Å². The Morgan fingerprint density at radius 1 is 1.24 bits per heavy atom. The number of fused-ring (bicyclic) bond motifs is 2. The summed E-state index contributed by atoms with van der Waals surface area (Å²) < 4.78 is 7.21. The summed E-state index contributed by atoms with van der Waals surface area (Å²) in [7, 11) is 0. The zero-order valence-electron chi connectivity index (χ0n) is 22.9.